The molecule has 0 saturated carbocycles. The van der Waals surface area contributed by atoms with Gasteiger partial charge in [-0.1, -0.05) is 53.4 Å². The number of thiazole rings is 1. The molecule has 2 nitrogen and oxygen atoms in total. The number of aromatic nitrogens is 1. The van der Waals surface area contributed by atoms with Crippen molar-refractivity contribution in [2.45, 2.75) is 16.7 Å². The van der Waals surface area contributed by atoms with Gasteiger partial charge in [0.05, 0.1) is 21.3 Å². The van der Waals surface area contributed by atoms with Gasteiger partial charge >= 0.3 is 0 Å². The predicted molar refractivity (Wildman–Crippen MR) is 92.7 cm³/mol. The molecule has 2 heterocycles. The molecule has 3 aromatic rings. The van der Waals surface area contributed by atoms with Crippen LogP contribution in [0.25, 0.3) is 10.2 Å². The van der Waals surface area contributed by atoms with E-state index in [0.29, 0.717) is 5.37 Å². The van der Waals surface area contributed by atoms with Gasteiger partial charge in [-0.05, 0) is 30.7 Å². The van der Waals surface area contributed by atoms with Gasteiger partial charge in [0.15, 0.2) is 5.13 Å². The summed E-state index contributed by atoms with van der Waals surface area (Å²) in [6, 6.07) is 16.9. The summed E-state index contributed by atoms with van der Waals surface area (Å²) in [5, 5.41) is 1.42. The van der Waals surface area contributed by atoms with Crippen LogP contribution in [0.5, 0.6) is 0 Å². The van der Waals surface area contributed by atoms with Crippen LogP contribution in [0.1, 0.15) is 6.42 Å². The predicted octanol–water partition coefficient (Wildman–Crippen LogP) is 5.44. The van der Waals surface area contributed by atoms with Crippen LogP contribution in [-0.4, -0.2) is 10.4 Å². The van der Waals surface area contributed by atoms with Crippen molar-refractivity contribution in [1.29, 1.82) is 0 Å². The van der Waals surface area contributed by atoms with Gasteiger partial charge in [-0.3, -0.25) is 0 Å². The number of para-hydroxylation sites is 2. The number of rotatable bonds is 3. The van der Waals surface area contributed by atoms with E-state index in [1.165, 1.54) is 15.3 Å². The molecule has 0 saturated heterocycles. The Morgan fingerprint density at radius 2 is 1.95 bits per heavy atom. The Hall–Kier alpha value is -1.78. The zero-order valence-electron chi connectivity index (χ0n) is 11.4. The first-order valence-corrected chi connectivity index (χ1v) is 8.58. The SMILES string of the molecule is C=CCC1Sc2ccccc2N1c1nc2ccccc2s1. The van der Waals surface area contributed by atoms with Crippen molar-refractivity contribution in [3.8, 4) is 0 Å². The summed E-state index contributed by atoms with van der Waals surface area (Å²) in [4.78, 5) is 8.50. The highest BCUT2D eigenvalue weighted by Crippen LogP contribution is 2.49. The minimum Gasteiger partial charge on any atom is -0.304 e. The van der Waals surface area contributed by atoms with E-state index in [2.05, 4.69) is 53.9 Å². The molecule has 1 atom stereocenters. The average Bonchev–Trinajstić information content (AvgIpc) is 3.07. The van der Waals surface area contributed by atoms with Crippen molar-refractivity contribution in [3.05, 3.63) is 61.2 Å². The molecule has 0 amide bonds. The van der Waals surface area contributed by atoms with Crippen LogP contribution in [0.3, 0.4) is 0 Å². The number of hydrogen-bond donors (Lipinski definition) is 0. The van der Waals surface area contributed by atoms with E-state index in [1.54, 1.807) is 11.3 Å². The smallest absolute Gasteiger partial charge is 0.192 e. The van der Waals surface area contributed by atoms with E-state index in [4.69, 9.17) is 4.98 Å². The summed E-state index contributed by atoms with van der Waals surface area (Å²) in [6.45, 7) is 3.90. The highest BCUT2D eigenvalue weighted by Gasteiger charge is 2.31. The molecule has 0 fully saturated rings. The lowest BCUT2D eigenvalue weighted by atomic mass is 10.3. The molecular weight excluding hydrogens is 296 g/mol. The largest absolute Gasteiger partial charge is 0.304 e. The fraction of sp³-hybridized carbons (Fsp3) is 0.118. The molecule has 4 heteroatoms. The number of hydrogen-bond acceptors (Lipinski definition) is 4. The number of thioether (sulfide) groups is 1. The van der Waals surface area contributed by atoms with E-state index in [9.17, 15) is 0 Å². The van der Waals surface area contributed by atoms with Crippen LogP contribution in [0.2, 0.25) is 0 Å². The highest BCUT2D eigenvalue weighted by molar-refractivity contribution is 8.00. The summed E-state index contributed by atoms with van der Waals surface area (Å²) in [6.07, 6.45) is 2.93. The highest BCUT2D eigenvalue weighted by atomic mass is 32.2. The van der Waals surface area contributed by atoms with Crippen molar-refractivity contribution in [2.75, 3.05) is 4.90 Å². The van der Waals surface area contributed by atoms with E-state index >= 15 is 0 Å². The van der Waals surface area contributed by atoms with Crippen LogP contribution in [-0.2, 0) is 0 Å². The van der Waals surface area contributed by atoms with Crippen molar-refractivity contribution in [1.82, 2.24) is 4.98 Å². The maximum Gasteiger partial charge on any atom is 0.192 e. The maximum absolute atomic E-state index is 4.82. The maximum atomic E-state index is 4.82. The third-order valence-electron chi connectivity index (χ3n) is 3.53. The van der Waals surface area contributed by atoms with Gasteiger partial charge in [0, 0.05) is 4.90 Å². The molecule has 1 aliphatic heterocycles. The lowest BCUT2D eigenvalue weighted by molar-refractivity contribution is 0.890. The molecule has 0 aliphatic carbocycles. The first kappa shape index (κ1) is 12.9. The molecule has 0 spiro atoms. The fourth-order valence-electron chi connectivity index (χ4n) is 2.60. The molecule has 0 radical (unpaired) electrons. The van der Waals surface area contributed by atoms with Gasteiger partial charge in [0.25, 0.3) is 0 Å². The molecule has 4 rings (SSSR count). The Bertz CT molecular complexity index is 776. The lowest BCUT2D eigenvalue weighted by Gasteiger charge is -2.22. The van der Waals surface area contributed by atoms with Crippen molar-refractivity contribution < 1.29 is 0 Å². The third kappa shape index (κ3) is 2.15. The zero-order valence-corrected chi connectivity index (χ0v) is 13.0. The van der Waals surface area contributed by atoms with Crippen LogP contribution in [0, 0.1) is 0 Å². The van der Waals surface area contributed by atoms with Crippen molar-refractivity contribution >= 4 is 44.1 Å². The normalized spacial score (nSPS) is 17.1. The van der Waals surface area contributed by atoms with Gasteiger partial charge in [-0.25, -0.2) is 4.98 Å². The summed E-state index contributed by atoms with van der Waals surface area (Å²) in [5.41, 5.74) is 2.33. The molecule has 21 heavy (non-hydrogen) atoms. The molecule has 1 aliphatic rings. The van der Waals surface area contributed by atoms with Gasteiger partial charge in [0.1, 0.15) is 0 Å². The van der Waals surface area contributed by atoms with Crippen LogP contribution in [0.4, 0.5) is 10.8 Å². The van der Waals surface area contributed by atoms with E-state index < -0.39 is 0 Å². The van der Waals surface area contributed by atoms with Gasteiger partial charge in [-0.2, -0.15) is 0 Å². The number of nitrogens with zero attached hydrogens (tertiary/aromatic N) is 2. The summed E-state index contributed by atoms with van der Waals surface area (Å²) >= 11 is 3.65. The van der Waals surface area contributed by atoms with E-state index in [1.807, 2.05) is 23.9 Å². The first-order valence-electron chi connectivity index (χ1n) is 6.88. The lowest BCUT2D eigenvalue weighted by Crippen LogP contribution is -2.23. The Morgan fingerprint density at radius 1 is 1.14 bits per heavy atom. The van der Waals surface area contributed by atoms with Crippen molar-refractivity contribution in [2.24, 2.45) is 0 Å². The summed E-state index contributed by atoms with van der Waals surface area (Å²) in [7, 11) is 0. The fourth-order valence-corrected chi connectivity index (χ4v) is 4.98. The zero-order chi connectivity index (χ0) is 14.2. The number of fused-ring (bicyclic) bond motifs is 2. The Kier molecular flexibility index (Phi) is 3.20. The number of benzene rings is 2. The van der Waals surface area contributed by atoms with Crippen molar-refractivity contribution in [3.63, 3.8) is 0 Å². The van der Waals surface area contributed by atoms with Gasteiger partial charge in [-0.15, -0.1) is 6.58 Å². The monoisotopic (exact) mass is 310 g/mol. The Labute approximate surface area is 132 Å². The van der Waals surface area contributed by atoms with Crippen LogP contribution in [0.15, 0.2) is 66.1 Å². The van der Waals surface area contributed by atoms with E-state index in [0.717, 1.165) is 17.1 Å². The third-order valence-corrected chi connectivity index (χ3v) is 5.84. The second kappa shape index (κ2) is 5.20. The molecule has 104 valence electrons. The standard InChI is InChI=1S/C17H14N2S2/c1-2-7-16-19(13-9-4-6-11-15(13)20-16)17-18-12-8-3-5-10-14(12)21-17/h2-6,8-11,16H,1,7H2. The minimum atomic E-state index is 0.348. The second-order valence-corrected chi connectivity index (χ2v) is 7.13. The summed E-state index contributed by atoms with van der Waals surface area (Å²) in [5.74, 6) is 0. The van der Waals surface area contributed by atoms with Crippen LogP contribution < -0.4 is 4.90 Å². The first-order chi connectivity index (χ1) is 10.4. The average molecular weight is 310 g/mol. The van der Waals surface area contributed by atoms with Gasteiger partial charge in [0.2, 0.25) is 0 Å². The topological polar surface area (TPSA) is 16.1 Å². The second-order valence-electron chi connectivity index (χ2n) is 4.90. The van der Waals surface area contributed by atoms with Gasteiger partial charge < -0.3 is 4.90 Å². The number of anilines is 2. The molecule has 0 N–H and O–H groups in total. The molecule has 2 aromatic carbocycles. The minimum absolute atomic E-state index is 0.348. The van der Waals surface area contributed by atoms with E-state index in [-0.39, 0.29) is 0 Å². The quantitative estimate of drug-likeness (QED) is 0.599. The molecular formula is C17H14N2S2. The van der Waals surface area contributed by atoms with Crippen LogP contribution >= 0.6 is 23.1 Å². The summed E-state index contributed by atoms with van der Waals surface area (Å²) < 4.78 is 1.24. The molecule has 1 aromatic heterocycles. The Balaban J connectivity index is 1.85. The molecule has 1 unspecified atom stereocenters. The molecule has 0 bridgehead atoms. The Morgan fingerprint density at radius 3 is 2.81 bits per heavy atom.